The van der Waals surface area contributed by atoms with Crippen molar-refractivity contribution in [3.05, 3.63) is 0 Å². The highest BCUT2D eigenvalue weighted by molar-refractivity contribution is 7.88. The molecule has 0 rings (SSSR count). The SMILES string of the molecule is CCN(CCCNCC(CC)(CC)CO)S(C)(=O)=O. The van der Waals surface area contributed by atoms with Crippen LogP contribution in [0.4, 0.5) is 0 Å². The molecule has 0 aromatic carbocycles. The quantitative estimate of drug-likeness (QED) is 0.559. The Kier molecular flexibility index (Phi) is 8.81. The molecular weight excluding hydrogens is 264 g/mol. The predicted octanol–water partition coefficient (Wildman–Crippen LogP) is 1.05. The number of hydrogen-bond acceptors (Lipinski definition) is 4. The lowest BCUT2D eigenvalue weighted by atomic mass is 9.83. The summed E-state index contributed by atoms with van der Waals surface area (Å²) in [6.45, 7) is 8.83. The van der Waals surface area contributed by atoms with Gasteiger partial charge in [-0.25, -0.2) is 12.7 Å². The molecule has 0 aromatic rings. The summed E-state index contributed by atoms with van der Waals surface area (Å²) in [5, 5.41) is 12.8. The largest absolute Gasteiger partial charge is 0.396 e. The standard InChI is InChI=1S/C13H30N2O3S/c1-5-13(6-2,12-16)11-14-9-8-10-15(7-3)19(4,17)18/h14,16H,5-12H2,1-4H3. The molecule has 6 heteroatoms. The highest BCUT2D eigenvalue weighted by atomic mass is 32.2. The topological polar surface area (TPSA) is 69.6 Å². The van der Waals surface area contributed by atoms with Gasteiger partial charge >= 0.3 is 0 Å². The molecule has 0 heterocycles. The van der Waals surface area contributed by atoms with E-state index in [0.717, 1.165) is 32.4 Å². The van der Waals surface area contributed by atoms with Crippen LogP contribution in [0, 0.1) is 5.41 Å². The summed E-state index contributed by atoms with van der Waals surface area (Å²) in [6, 6.07) is 0. The first-order valence-electron chi connectivity index (χ1n) is 7.12. The van der Waals surface area contributed by atoms with Gasteiger partial charge in [0.2, 0.25) is 10.0 Å². The molecule has 0 amide bonds. The molecule has 0 radical (unpaired) electrons. The van der Waals surface area contributed by atoms with Crippen LogP contribution in [0.5, 0.6) is 0 Å². The van der Waals surface area contributed by atoms with E-state index in [4.69, 9.17) is 0 Å². The fourth-order valence-corrected chi connectivity index (χ4v) is 3.00. The Morgan fingerprint density at radius 3 is 2.16 bits per heavy atom. The molecule has 0 unspecified atom stereocenters. The number of rotatable bonds is 11. The van der Waals surface area contributed by atoms with Gasteiger partial charge in [0.05, 0.1) is 6.26 Å². The molecule has 0 aliphatic carbocycles. The summed E-state index contributed by atoms with van der Waals surface area (Å²) < 4.78 is 24.3. The highest BCUT2D eigenvalue weighted by Crippen LogP contribution is 2.24. The molecule has 116 valence electrons. The Bertz CT molecular complexity index is 319. The summed E-state index contributed by atoms with van der Waals surface area (Å²) in [6.07, 6.45) is 3.92. The lowest BCUT2D eigenvalue weighted by Gasteiger charge is -2.29. The number of hydrogen-bond donors (Lipinski definition) is 2. The van der Waals surface area contributed by atoms with Gasteiger partial charge < -0.3 is 10.4 Å². The molecule has 0 spiro atoms. The zero-order valence-corrected chi connectivity index (χ0v) is 13.6. The molecule has 0 fully saturated rings. The van der Waals surface area contributed by atoms with Gasteiger partial charge in [0, 0.05) is 31.7 Å². The number of nitrogens with zero attached hydrogens (tertiary/aromatic N) is 1. The van der Waals surface area contributed by atoms with Crippen LogP contribution in [-0.4, -0.2) is 56.9 Å². The Morgan fingerprint density at radius 2 is 1.79 bits per heavy atom. The van der Waals surface area contributed by atoms with Gasteiger partial charge in [-0.15, -0.1) is 0 Å². The lowest BCUT2D eigenvalue weighted by Crippen LogP contribution is -2.38. The summed E-state index contributed by atoms with van der Waals surface area (Å²) >= 11 is 0. The summed E-state index contributed by atoms with van der Waals surface area (Å²) in [4.78, 5) is 0. The summed E-state index contributed by atoms with van der Waals surface area (Å²) in [7, 11) is -3.08. The minimum absolute atomic E-state index is 0.0404. The van der Waals surface area contributed by atoms with Crippen LogP contribution in [-0.2, 0) is 10.0 Å². The van der Waals surface area contributed by atoms with Gasteiger partial charge in [0.15, 0.2) is 0 Å². The molecule has 0 saturated heterocycles. The van der Waals surface area contributed by atoms with Crippen molar-refractivity contribution in [1.29, 1.82) is 0 Å². The molecule has 0 aliphatic rings. The molecule has 0 bridgehead atoms. The van der Waals surface area contributed by atoms with E-state index in [0.29, 0.717) is 13.1 Å². The predicted molar refractivity (Wildman–Crippen MR) is 79.7 cm³/mol. The van der Waals surface area contributed by atoms with Gasteiger partial charge in [-0.2, -0.15) is 0 Å². The van der Waals surface area contributed by atoms with Crippen molar-refractivity contribution in [3.8, 4) is 0 Å². The summed E-state index contributed by atoms with van der Waals surface area (Å²) in [5.41, 5.74) is -0.0404. The van der Waals surface area contributed by atoms with E-state index in [9.17, 15) is 13.5 Å². The third-order valence-electron chi connectivity index (χ3n) is 3.92. The fourth-order valence-electron chi connectivity index (χ4n) is 2.07. The van der Waals surface area contributed by atoms with E-state index in [1.54, 1.807) is 0 Å². The zero-order valence-electron chi connectivity index (χ0n) is 12.8. The fraction of sp³-hybridized carbons (Fsp3) is 1.00. The van der Waals surface area contributed by atoms with Crippen molar-refractivity contribution in [3.63, 3.8) is 0 Å². The zero-order chi connectivity index (χ0) is 14.9. The second kappa shape index (κ2) is 8.89. The Hall–Kier alpha value is -0.170. The van der Waals surface area contributed by atoms with Crippen LogP contribution < -0.4 is 5.32 Å². The molecular formula is C13H30N2O3S. The van der Waals surface area contributed by atoms with Crippen LogP contribution in [0.3, 0.4) is 0 Å². The third kappa shape index (κ3) is 6.70. The van der Waals surface area contributed by atoms with E-state index in [1.165, 1.54) is 10.6 Å². The van der Waals surface area contributed by atoms with Crippen molar-refractivity contribution in [1.82, 2.24) is 9.62 Å². The number of aliphatic hydroxyl groups excluding tert-OH is 1. The third-order valence-corrected chi connectivity index (χ3v) is 5.30. The summed E-state index contributed by atoms with van der Waals surface area (Å²) in [5.74, 6) is 0. The van der Waals surface area contributed by atoms with Crippen molar-refractivity contribution in [2.24, 2.45) is 5.41 Å². The Labute approximate surface area is 118 Å². The van der Waals surface area contributed by atoms with E-state index in [-0.39, 0.29) is 12.0 Å². The molecule has 0 saturated carbocycles. The number of nitrogens with one attached hydrogen (secondary N) is 1. The van der Waals surface area contributed by atoms with Crippen molar-refractivity contribution in [2.75, 3.05) is 39.0 Å². The van der Waals surface area contributed by atoms with Crippen LogP contribution >= 0.6 is 0 Å². The first kappa shape index (κ1) is 18.8. The van der Waals surface area contributed by atoms with Gasteiger partial charge in [-0.3, -0.25) is 0 Å². The Morgan fingerprint density at radius 1 is 1.21 bits per heavy atom. The van der Waals surface area contributed by atoms with E-state index in [1.807, 2.05) is 6.92 Å². The lowest BCUT2D eigenvalue weighted by molar-refractivity contribution is 0.113. The Balaban J connectivity index is 3.99. The minimum atomic E-state index is -3.08. The normalized spacial score (nSPS) is 13.2. The van der Waals surface area contributed by atoms with E-state index in [2.05, 4.69) is 19.2 Å². The van der Waals surface area contributed by atoms with Crippen molar-refractivity contribution in [2.45, 2.75) is 40.0 Å². The van der Waals surface area contributed by atoms with Gasteiger partial charge in [-0.05, 0) is 25.8 Å². The molecule has 0 aromatic heterocycles. The molecule has 2 N–H and O–H groups in total. The minimum Gasteiger partial charge on any atom is -0.396 e. The maximum atomic E-state index is 11.4. The molecule has 0 atom stereocenters. The monoisotopic (exact) mass is 294 g/mol. The van der Waals surface area contributed by atoms with Crippen LogP contribution in [0.1, 0.15) is 40.0 Å². The maximum Gasteiger partial charge on any atom is 0.211 e. The van der Waals surface area contributed by atoms with Crippen LogP contribution in [0.2, 0.25) is 0 Å². The molecule has 5 nitrogen and oxygen atoms in total. The number of aliphatic hydroxyl groups is 1. The average molecular weight is 294 g/mol. The highest BCUT2D eigenvalue weighted by Gasteiger charge is 2.24. The van der Waals surface area contributed by atoms with Gasteiger partial charge in [0.25, 0.3) is 0 Å². The van der Waals surface area contributed by atoms with Crippen molar-refractivity contribution >= 4 is 10.0 Å². The maximum absolute atomic E-state index is 11.4. The van der Waals surface area contributed by atoms with Gasteiger partial charge in [0.1, 0.15) is 0 Å². The second-order valence-electron chi connectivity index (χ2n) is 5.15. The smallest absolute Gasteiger partial charge is 0.211 e. The first-order valence-corrected chi connectivity index (χ1v) is 8.96. The molecule has 0 aliphatic heterocycles. The average Bonchev–Trinajstić information content (AvgIpc) is 2.37. The first-order chi connectivity index (χ1) is 8.85. The molecule has 19 heavy (non-hydrogen) atoms. The van der Waals surface area contributed by atoms with Gasteiger partial charge in [-0.1, -0.05) is 20.8 Å². The number of sulfonamides is 1. The van der Waals surface area contributed by atoms with Crippen molar-refractivity contribution < 1.29 is 13.5 Å². The van der Waals surface area contributed by atoms with Crippen LogP contribution in [0.15, 0.2) is 0 Å². The van der Waals surface area contributed by atoms with E-state index < -0.39 is 10.0 Å². The second-order valence-corrected chi connectivity index (χ2v) is 7.13. The van der Waals surface area contributed by atoms with E-state index >= 15 is 0 Å². The van der Waals surface area contributed by atoms with Crippen LogP contribution in [0.25, 0.3) is 0 Å².